The number of unbranched alkanes of at least 4 members (excludes halogenated alkanes) is 1. The number of hydrogen-bond donors (Lipinski definition) is 0. The Bertz CT molecular complexity index is 270. The van der Waals surface area contributed by atoms with Crippen LogP contribution in [-0.2, 0) is 0 Å². The molecule has 0 aromatic rings. The van der Waals surface area contributed by atoms with E-state index in [9.17, 15) is 0 Å². The summed E-state index contributed by atoms with van der Waals surface area (Å²) in [6.45, 7) is 4.21. The van der Waals surface area contributed by atoms with Gasteiger partial charge in [0.15, 0.2) is 0 Å². The summed E-state index contributed by atoms with van der Waals surface area (Å²) in [7, 11) is 0. The highest BCUT2D eigenvalue weighted by atomic mass is 13.8. The van der Waals surface area contributed by atoms with Crippen molar-refractivity contribution in [2.75, 3.05) is 0 Å². The zero-order valence-electron chi connectivity index (χ0n) is 10.7. The molecule has 0 saturated heterocycles. The van der Waals surface area contributed by atoms with Gasteiger partial charge in [-0.25, -0.2) is 0 Å². The molecule has 0 bridgehead atoms. The molecule has 0 aliphatic carbocycles. The lowest BCUT2D eigenvalue weighted by atomic mass is 10.2. The number of rotatable bonds is 8. The van der Waals surface area contributed by atoms with Crippen LogP contribution >= 0.6 is 0 Å². The van der Waals surface area contributed by atoms with Crippen LogP contribution in [0.1, 0.15) is 46.0 Å². The molecular weight excluding hydrogens is 192 g/mol. The lowest BCUT2D eigenvalue weighted by Crippen LogP contribution is -1.62. The van der Waals surface area contributed by atoms with Crippen molar-refractivity contribution in [1.29, 1.82) is 0 Å². The summed E-state index contributed by atoms with van der Waals surface area (Å²) in [6.07, 6.45) is 22.6. The fourth-order valence-electron chi connectivity index (χ4n) is 1.18. The summed E-state index contributed by atoms with van der Waals surface area (Å²) in [4.78, 5) is 0. The summed E-state index contributed by atoms with van der Waals surface area (Å²) in [5.41, 5.74) is 3.19. The second kappa shape index (κ2) is 13.7. The molecule has 0 aliphatic rings. The normalized spacial score (nSPS) is 11.4. The maximum atomic E-state index is 3.19. The van der Waals surface area contributed by atoms with Gasteiger partial charge in [0.05, 0.1) is 0 Å². The van der Waals surface area contributed by atoms with E-state index in [2.05, 4.69) is 68.2 Å². The molecule has 0 nitrogen and oxygen atoms in total. The maximum Gasteiger partial charge on any atom is -0.00929 e. The Labute approximate surface area is 101 Å². The highest BCUT2D eigenvalue weighted by Gasteiger charge is 1.73. The summed E-state index contributed by atoms with van der Waals surface area (Å²) < 4.78 is 0. The molecule has 0 fully saturated rings. The van der Waals surface area contributed by atoms with Gasteiger partial charge in [0.25, 0.3) is 0 Å². The average molecular weight is 216 g/mol. The van der Waals surface area contributed by atoms with Gasteiger partial charge in [-0.05, 0) is 51.2 Å². The summed E-state index contributed by atoms with van der Waals surface area (Å²) in [5, 5.41) is 0. The first-order valence-corrected chi connectivity index (χ1v) is 6.22. The van der Waals surface area contributed by atoms with Crippen molar-refractivity contribution in [2.24, 2.45) is 0 Å². The molecule has 0 heterocycles. The third-order valence-corrected chi connectivity index (χ3v) is 2.04. The molecule has 0 heteroatoms. The number of allylic oxidation sites excluding steroid dienone is 7. The van der Waals surface area contributed by atoms with Gasteiger partial charge in [-0.1, -0.05) is 43.4 Å². The van der Waals surface area contributed by atoms with Crippen molar-refractivity contribution >= 4 is 0 Å². The van der Waals surface area contributed by atoms with Crippen molar-refractivity contribution in [1.82, 2.24) is 0 Å². The van der Waals surface area contributed by atoms with Gasteiger partial charge in [0.1, 0.15) is 0 Å². The first-order chi connectivity index (χ1) is 7.91. The third kappa shape index (κ3) is 12.7. The van der Waals surface area contributed by atoms with Crippen LogP contribution in [-0.4, -0.2) is 0 Å². The molecule has 0 rings (SSSR count). The summed E-state index contributed by atoms with van der Waals surface area (Å²) >= 11 is 0. The first-order valence-electron chi connectivity index (χ1n) is 6.22. The maximum absolute atomic E-state index is 3.19. The van der Waals surface area contributed by atoms with Crippen molar-refractivity contribution in [2.45, 2.75) is 46.0 Å². The van der Waals surface area contributed by atoms with Crippen molar-refractivity contribution in [3.8, 4) is 0 Å². The molecular formula is C16H24. The Hall–Kier alpha value is -1.26. The molecule has 0 radical (unpaired) electrons. The largest absolute Gasteiger partial charge is 0.129 e. The van der Waals surface area contributed by atoms with E-state index in [1.165, 1.54) is 0 Å². The summed E-state index contributed by atoms with van der Waals surface area (Å²) in [6, 6.07) is 0. The quantitative estimate of drug-likeness (QED) is 0.291. The van der Waals surface area contributed by atoms with E-state index < -0.39 is 0 Å². The second-order valence-corrected chi connectivity index (χ2v) is 3.54. The van der Waals surface area contributed by atoms with E-state index in [-0.39, 0.29) is 0 Å². The van der Waals surface area contributed by atoms with Crippen molar-refractivity contribution < 1.29 is 0 Å². The monoisotopic (exact) mass is 216 g/mol. The SMILES string of the molecule is C/C=C/CCC=C=CC/C=C/C/C=C/CC. The Balaban J connectivity index is 3.48. The zero-order chi connectivity index (χ0) is 11.9. The molecule has 0 aromatic carbocycles. The first kappa shape index (κ1) is 14.7. The van der Waals surface area contributed by atoms with Gasteiger partial charge < -0.3 is 0 Å². The Morgan fingerprint density at radius 2 is 1.56 bits per heavy atom. The van der Waals surface area contributed by atoms with Crippen LogP contribution in [0, 0.1) is 0 Å². The predicted octanol–water partition coefficient (Wildman–Crippen LogP) is 5.36. The standard InChI is InChI=1S/C16H24/c1-3-5-7-9-11-13-15-16-14-12-10-8-6-4-2/h3,5-6,8,11-12,14-15H,4,7,9-10,16H2,1-2H3/b5-3+,8-6+,14-12+. The highest BCUT2D eigenvalue weighted by molar-refractivity contribution is 4.97. The van der Waals surface area contributed by atoms with Crippen LogP contribution in [0.25, 0.3) is 0 Å². The fourth-order valence-corrected chi connectivity index (χ4v) is 1.18. The van der Waals surface area contributed by atoms with Crippen LogP contribution in [0.4, 0.5) is 0 Å². The van der Waals surface area contributed by atoms with Crippen molar-refractivity contribution in [3.05, 3.63) is 54.3 Å². The smallest absolute Gasteiger partial charge is 0.00929 e. The highest BCUT2D eigenvalue weighted by Crippen LogP contribution is 1.93. The van der Waals surface area contributed by atoms with Crippen molar-refractivity contribution in [3.63, 3.8) is 0 Å². The number of hydrogen-bond acceptors (Lipinski definition) is 0. The molecule has 88 valence electrons. The van der Waals surface area contributed by atoms with Gasteiger partial charge in [-0.2, -0.15) is 0 Å². The Morgan fingerprint density at radius 3 is 2.31 bits per heavy atom. The molecule has 0 aromatic heterocycles. The van der Waals surface area contributed by atoms with E-state index in [0.29, 0.717) is 0 Å². The minimum absolute atomic E-state index is 0.986. The second-order valence-electron chi connectivity index (χ2n) is 3.54. The molecule has 16 heavy (non-hydrogen) atoms. The van der Waals surface area contributed by atoms with Crippen LogP contribution in [0.15, 0.2) is 54.3 Å². The van der Waals surface area contributed by atoms with E-state index in [0.717, 1.165) is 32.1 Å². The molecule has 0 aliphatic heterocycles. The summed E-state index contributed by atoms with van der Waals surface area (Å²) in [5.74, 6) is 0. The minimum atomic E-state index is 0.986. The predicted molar refractivity (Wildman–Crippen MR) is 74.5 cm³/mol. The average Bonchev–Trinajstić information content (AvgIpc) is 2.31. The molecule has 0 amide bonds. The Morgan fingerprint density at radius 1 is 0.812 bits per heavy atom. The molecule has 0 N–H and O–H groups in total. The molecule has 0 saturated carbocycles. The van der Waals surface area contributed by atoms with E-state index in [4.69, 9.17) is 0 Å². The van der Waals surface area contributed by atoms with Gasteiger partial charge in [0.2, 0.25) is 0 Å². The van der Waals surface area contributed by atoms with Crippen LogP contribution < -0.4 is 0 Å². The minimum Gasteiger partial charge on any atom is -0.129 e. The van der Waals surface area contributed by atoms with E-state index >= 15 is 0 Å². The van der Waals surface area contributed by atoms with Gasteiger partial charge >= 0.3 is 0 Å². The zero-order valence-corrected chi connectivity index (χ0v) is 10.7. The fraction of sp³-hybridized carbons (Fsp3) is 0.438. The molecule has 0 spiro atoms. The van der Waals surface area contributed by atoms with Gasteiger partial charge in [0, 0.05) is 0 Å². The lowest BCUT2D eigenvalue weighted by molar-refractivity contribution is 1.05. The van der Waals surface area contributed by atoms with Crippen LogP contribution in [0.5, 0.6) is 0 Å². The van der Waals surface area contributed by atoms with E-state index in [1.54, 1.807) is 0 Å². The van der Waals surface area contributed by atoms with E-state index in [1.807, 2.05) is 0 Å². The van der Waals surface area contributed by atoms with Gasteiger partial charge in [-0.3, -0.25) is 0 Å². The lowest BCUT2D eigenvalue weighted by Gasteiger charge is -1.82. The molecule has 0 atom stereocenters. The topological polar surface area (TPSA) is 0 Å². The van der Waals surface area contributed by atoms with Crippen LogP contribution in [0.3, 0.4) is 0 Å². The molecule has 0 unspecified atom stereocenters. The third-order valence-electron chi connectivity index (χ3n) is 2.04. The van der Waals surface area contributed by atoms with Gasteiger partial charge in [-0.15, -0.1) is 5.73 Å². The Kier molecular flexibility index (Phi) is 12.7. The van der Waals surface area contributed by atoms with Crippen LogP contribution in [0.2, 0.25) is 0 Å².